The molecule has 1 aliphatic heterocycles. The SMILES string of the molecule is CSCCC(NC(=O)c1ccc2c(c1)OCCO2)C(=O)O. The number of ether oxygens (including phenoxy) is 2. The number of aliphatic carboxylic acids is 1. The van der Waals surface area contributed by atoms with E-state index in [1.165, 1.54) is 11.8 Å². The summed E-state index contributed by atoms with van der Waals surface area (Å²) in [5.41, 5.74) is 0.356. The number of benzene rings is 1. The van der Waals surface area contributed by atoms with Gasteiger partial charge in [0.05, 0.1) is 0 Å². The van der Waals surface area contributed by atoms with Crippen molar-refractivity contribution < 1.29 is 24.2 Å². The Morgan fingerprint density at radius 1 is 1.33 bits per heavy atom. The summed E-state index contributed by atoms with van der Waals surface area (Å²) in [5.74, 6) is 0.300. The van der Waals surface area contributed by atoms with Crippen molar-refractivity contribution in [3.63, 3.8) is 0 Å². The Labute approximate surface area is 126 Å². The molecule has 1 unspecified atom stereocenters. The highest BCUT2D eigenvalue weighted by atomic mass is 32.2. The lowest BCUT2D eigenvalue weighted by Gasteiger charge is -2.19. The first-order chi connectivity index (χ1) is 10.1. The van der Waals surface area contributed by atoms with Crippen LogP contribution in [-0.2, 0) is 4.79 Å². The molecular formula is C14H17NO5S. The fraction of sp³-hybridized carbons (Fsp3) is 0.429. The zero-order valence-electron chi connectivity index (χ0n) is 11.6. The molecular weight excluding hydrogens is 294 g/mol. The molecule has 0 spiro atoms. The van der Waals surface area contributed by atoms with Crippen molar-refractivity contribution >= 4 is 23.6 Å². The zero-order valence-corrected chi connectivity index (χ0v) is 12.4. The Bertz CT molecular complexity index is 534. The van der Waals surface area contributed by atoms with E-state index in [0.29, 0.717) is 42.4 Å². The largest absolute Gasteiger partial charge is 0.486 e. The second kappa shape index (κ2) is 7.21. The van der Waals surface area contributed by atoms with Gasteiger partial charge < -0.3 is 19.9 Å². The minimum Gasteiger partial charge on any atom is -0.486 e. The number of fused-ring (bicyclic) bond motifs is 1. The Morgan fingerprint density at radius 3 is 2.71 bits per heavy atom. The maximum absolute atomic E-state index is 12.1. The van der Waals surface area contributed by atoms with Gasteiger partial charge in [-0.05, 0) is 36.6 Å². The average molecular weight is 311 g/mol. The van der Waals surface area contributed by atoms with E-state index in [1.807, 2.05) is 6.26 Å². The molecule has 0 fully saturated rings. The van der Waals surface area contributed by atoms with Crippen molar-refractivity contribution in [1.29, 1.82) is 0 Å². The molecule has 2 rings (SSSR count). The highest BCUT2D eigenvalue weighted by Crippen LogP contribution is 2.30. The summed E-state index contributed by atoms with van der Waals surface area (Å²) in [6, 6.07) is 3.92. The third-order valence-corrected chi connectivity index (χ3v) is 3.66. The molecule has 0 bridgehead atoms. The van der Waals surface area contributed by atoms with Crippen molar-refractivity contribution in [1.82, 2.24) is 5.32 Å². The molecule has 21 heavy (non-hydrogen) atoms. The topological polar surface area (TPSA) is 84.9 Å². The number of carboxylic acids is 1. The summed E-state index contributed by atoms with van der Waals surface area (Å²) < 4.78 is 10.8. The van der Waals surface area contributed by atoms with Gasteiger partial charge in [0.1, 0.15) is 19.3 Å². The molecule has 1 aromatic carbocycles. The first-order valence-electron chi connectivity index (χ1n) is 6.54. The maximum Gasteiger partial charge on any atom is 0.326 e. The molecule has 1 atom stereocenters. The van der Waals surface area contributed by atoms with Crippen LogP contribution in [0.2, 0.25) is 0 Å². The first kappa shape index (κ1) is 15.5. The standard InChI is InChI=1S/C14H17NO5S/c1-21-7-4-10(14(17)18)15-13(16)9-2-3-11-12(8-9)20-6-5-19-11/h2-3,8,10H,4-7H2,1H3,(H,15,16)(H,17,18). The minimum absolute atomic E-state index is 0.356. The fourth-order valence-electron chi connectivity index (χ4n) is 1.92. The van der Waals surface area contributed by atoms with Gasteiger partial charge in [-0.3, -0.25) is 4.79 Å². The van der Waals surface area contributed by atoms with Gasteiger partial charge in [-0.1, -0.05) is 0 Å². The molecule has 0 radical (unpaired) electrons. The first-order valence-corrected chi connectivity index (χ1v) is 7.93. The highest BCUT2D eigenvalue weighted by Gasteiger charge is 2.21. The van der Waals surface area contributed by atoms with E-state index in [0.717, 1.165) is 0 Å². The van der Waals surface area contributed by atoms with Gasteiger partial charge in [0.15, 0.2) is 11.5 Å². The number of nitrogens with one attached hydrogen (secondary N) is 1. The Balaban J connectivity index is 2.06. The van der Waals surface area contributed by atoms with Gasteiger partial charge in [0, 0.05) is 5.56 Å². The number of amides is 1. The van der Waals surface area contributed by atoms with Gasteiger partial charge in [0.2, 0.25) is 0 Å². The third-order valence-electron chi connectivity index (χ3n) is 3.02. The van der Waals surface area contributed by atoms with Crippen LogP contribution in [0.1, 0.15) is 16.8 Å². The Morgan fingerprint density at radius 2 is 2.05 bits per heavy atom. The third kappa shape index (κ3) is 4.04. The molecule has 1 heterocycles. The molecule has 7 heteroatoms. The van der Waals surface area contributed by atoms with Crippen molar-refractivity contribution in [3.8, 4) is 11.5 Å². The van der Waals surface area contributed by atoms with Gasteiger partial charge in [-0.2, -0.15) is 11.8 Å². The van der Waals surface area contributed by atoms with Crippen LogP contribution in [0.5, 0.6) is 11.5 Å². The summed E-state index contributed by atoms with van der Waals surface area (Å²) in [4.78, 5) is 23.3. The van der Waals surface area contributed by atoms with E-state index < -0.39 is 17.9 Å². The molecule has 0 saturated carbocycles. The normalized spacial score (nSPS) is 14.3. The van der Waals surface area contributed by atoms with Crippen LogP contribution >= 0.6 is 11.8 Å². The van der Waals surface area contributed by atoms with Crippen LogP contribution in [0, 0.1) is 0 Å². The number of rotatable bonds is 6. The lowest BCUT2D eigenvalue weighted by molar-refractivity contribution is -0.139. The smallest absolute Gasteiger partial charge is 0.326 e. The van der Waals surface area contributed by atoms with E-state index in [4.69, 9.17) is 14.6 Å². The molecule has 1 aliphatic rings. The minimum atomic E-state index is -1.03. The number of thioether (sulfide) groups is 1. The lowest BCUT2D eigenvalue weighted by atomic mass is 10.1. The summed E-state index contributed by atoms with van der Waals surface area (Å²) >= 11 is 1.54. The Hall–Kier alpha value is -1.89. The van der Waals surface area contributed by atoms with Crippen molar-refractivity contribution in [2.45, 2.75) is 12.5 Å². The molecule has 1 aromatic rings. The molecule has 0 aromatic heterocycles. The summed E-state index contributed by atoms with van der Waals surface area (Å²) in [7, 11) is 0. The number of carbonyl (C=O) groups excluding carboxylic acids is 1. The van der Waals surface area contributed by atoms with Crippen LogP contribution in [0.3, 0.4) is 0 Å². The molecule has 0 aliphatic carbocycles. The fourth-order valence-corrected chi connectivity index (χ4v) is 2.39. The van der Waals surface area contributed by atoms with E-state index in [9.17, 15) is 9.59 Å². The van der Waals surface area contributed by atoms with Gasteiger partial charge in [-0.25, -0.2) is 4.79 Å². The molecule has 6 nitrogen and oxygen atoms in total. The number of hydrogen-bond donors (Lipinski definition) is 2. The average Bonchev–Trinajstić information content (AvgIpc) is 2.50. The number of carboxylic acid groups (broad SMARTS) is 1. The van der Waals surface area contributed by atoms with Crippen LogP contribution in [-0.4, -0.2) is 48.2 Å². The van der Waals surface area contributed by atoms with E-state index in [1.54, 1.807) is 18.2 Å². The molecule has 0 saturated heterocycles. The van der Waals surface area contributed by atoms with Crippen molar-refractivity contribution in [2.75, 3.05) is 25.2 Å². The number of carbonyl (C=O) groups is 2. The van der Waals surface area contributed by atoms with E-state index in [-0.39, 0.29) is 0 Å². The zero-order chi connectivity index (χ0) is 15.2. The van der Waals surface area contributed by atoms with Gasteiger partial charge in [0.25, 0.3) is 5.91 Å². The van der Waals surface area contributed by atoms with Crippen molar-refractivity contribution in [2.24, 2.45) is 0 Å². The lowest BCUT2D eigenvalue weighted by Crippen LogP contribution is -2.41. The predicted octanol–water partition coefficient (Wildman–Crippen LogP) is 1.39. The molecule has 114 valence electrons. The molecule has 2 N–H and O–H groups in total. The monoisotopic (exact) mass is 311 g/mol. The predicted molar refractivity (Wildman–Crippen MR) is 79.3 cm³/mol. The van der Waals surface area contributed by atoms with Crippen molar-refractivity contribution in [3.05, 3.63) is 23.8 Å². The quantitative estimate of drug-likeness (QED) is 0.826. The second-order valence-corrected chi connectivity index (χ2v) is 5.49. The highest BCUT2D eigenvalue weighted by molar-refractivity contribution is 7.98. The van der Waals surface area contributed by atoms with E-state index >= 15 is 0 Å². The van der Waals surface area contributed by atoms with E-state index in [2.05, 4.69) is 5.32 Å². The molecule has 1 amide bonds. The summed E-state index contributed by atoms with van der Waals surface area (Å²) in [6.07, 6.45) is 2.27. The summed E-state index contributed by atoms with van der Waals surface area (Å²) in [5, 5.41) is 11.6. The Kier molecular flexibility index (Phi) is 5.32. The van der Waals surface area contributed by atoms with Crippen LogP contribution < -0.4 is 14.8 Å². The van der Waals surface area contributed by atoms with Gasteiger partial charge >= 0.3 is 5.97 Å². The maximum atomic E-state index is 12.1. The summed E-state index contributed by atoms with van der Waals surface area (Å²) in [6.45, 7) is 0.915. The second-order valence-electron chi connectivity index (χ2n) is 4.50. The number of hydrogen-bond acceptors (Lipinski definition) is 5. The van der Waals surface area contributed by atoms with Crippen LogP contribution in [0.25, 0.3) is 0 Å². The van der Waals surface area contributed by atoms with Crippen LogP contribution in [0.15, 0.2) is 18.2 Å². The van der Waals surface area contributed by atoms with Crippen LogP contribution in [0.4, 0.5) is 0 Å². The van der Waals surface area contributed by atoms with Gasteiger partial charge in [-0.15, -0.1) is 0 Å².